The maximum Gasteiger partial charge on any atom is 0.222 e. The number of ether oxygens (including phenoxy) is 2. The van der Waals surface area contributed by atoms with Crippen molar-refractivity contribution in [3.8, 4) is 0 Å². The molecule has 0 spiro atoms. The highest BCUT2D eigenvalue weighted by molar-refractivity contribution is 5.76. The van der Waals surface area contributed by atoms with Crippen LogP contribution in [0.2, 0.25) is 0 Å². The fourth-order valence-electron chi connectivity index (χ4n) is 1.85. The van der Waals surface area contributed by atoms with Gasteiger partial charge in [0, 0.05) is 20.3 Å². The fraction of sp³-hybridized carbons (Fsp3) is 0.909. The van der Waals surface area contributed by atoms with Gasteiger partial charge in [-0.05, 0) is 19.3 Å². The van der Waals surface area contributed by atoms with Crippen LogP contribution in [-0.4, -0.2) is 50.1 Å². The van der Waals surface area contributed by atoms with Crippen molar-refractivity contribution in [3.05, 3.63) is 0 Å². The van der Waals surface area contributed by atoms with E-state index in [0.29, 0.717) is 19.4 Å². The zero-order valence-electron chi connectivity index (χ0n) is 9.78. The van der Waals surface area contributed by atoms with E-state index in [0.717, 1.165) is 19.4 Å². The molecule has 0 saturated carbocycles. The number of carbonyl (C=O) groups is 1. The number of aliphatic hydroxyl groups excluding tert-OH is 1. The molecule has 1 heterocycles. The van der Waals surface area contributed by atoms with Crippen molar-refractivity contribution in [2.24, 2.45) is 0 Å². The molecular weight excluding hydrogens is 210 g/mol. The van der Waals surface area contributed by atoms with E-state index in [1.807, 2.05) is 0 Å². The second-order valence-corrected chi connectivity index (χ2v) is 4.07. The van der Waals surface area contributed by atoms with Gasteiger partial charge in [-0.1, -0.05) is 0 Å². The second kappa shape index (κ2) is 7.60. The van der Waals surface area contributed by atoms with Gasteiger partial charge in [-0.3, -0.25) is 4.79 Å². The Labute approximate surface area is 96.1 Å². The maximum absolute atomic E-state index is 11.6. The van der Waals surface area contributed by atoms with E-state index in [1.165, 1.54) is 0 Å². The predicted molar refractivity (Wildman–Crippen MR) is 59.1 cm³/mol. The number of rotatable bonds is 7. The zero-order valence-corrected chi connectivity index (χ0v) is 9.78. The summed E-state index contributed by atoms with van der Waals surface area (Å²) in [5.74, 6) is -0.0256. The van der Waals surface area contributed by atoms with Gasteiger partial charge in [0.2, 0.25) is 5.91 Å². The minimum atomic E-state index is -0.107. The minimum absolute atomic E-state index is 0.0256. The highest BCUT2D eigenvalue weighted by Gasteiger charge is 2.20. The second-order valence-electron chi connectivity index (χ2n) is 4.07. The summed E-state index contributed by atoms with van der Waals surface area (Å²) in [7, 11) is 1.58. The molecular formula is C11H21NO4. The monoisotopic (exact) mass is 231 g/mol. The van der Waals surface area contributed by atoms with Crippen molar-refractivity contribution in [1.29, 1.82) is 0 Å². The number of methoxy groups -OCH3 is 1. The number of hydrogen-bond acceptors (Lipinski definition) is 4. The number of hydrogen-bond donors (Lipinski definition) is 2. The molecule has 1 amide bonds. The first kappa shape index (κ1) is 13.4. The van der Waals surface area contributed by atoms with Crippen LogP contribution in [0.25, 0.3) is 0 Å². The fourth-order valence-corrected chi connectivity index (χ4v) is 1.85. The molecule has 2 atom stereocenters. The van der Waals surface area contributed by atoms with E-state index >= 15 is 0 Å². The maximum atomic E-state index is 11.6. The van der Waals surface area contributed by atoms with Gasteiger partial charge < -0.3 is 19.9 Å². The van der Waals surface area contributed by atoms with Crippen LogP contribution in [0.15, 0.2) is 0 Å². The van der Waals surface area contributed by atoms with Gasteiger partial charge in [0.05, 0.1) is 25.2 Å². The van der Waals surface area contributed by atoms with Crippen LogP contribution >= 0.6 is 0 Å². The highest BCUT2D eigenvalue weighted by Crippen LogP contribution is 2.15. The lowest BCUT2D eigenvalue weighted by atomic mass is 10.1. The summed E-state index contributed by atoms with van der Waals surface area (Å²) in [6, 6.07) is -0.107. The smallest absolute Gasteiger partial charge is 0.222 e. The third-order valence-electron chi connectivity index (χ3n) is 2.65. The molecule has 1 aliphatic heterocycles. The Morgan fingerprint density at radius 1 is 1.69 bits per heavy atom. The molecule has 1 fully saturated rings. The van der Waals surface area contributed by atoms with E-state index in [4.69, 9.17) is 14.6 Å². The molecule has 1 rings (SSSR count). The predicted octanol–water partition coefficient (Wildman–Crippen LogP) is 0.0691. The van der Waals surface area contributed by atoms with Crippen molar-refractivity contribution >= 4 is 5.91 Å². The SMILES string of the molecule is COCC(CCO)NC(=O)CC1CCCO1. The van der Waals surface area contributed by atoms with Crippen LogP contribution in [0, 0.1) is 0 Å². The first-order chi connectivity index (χ1) is 7.76. The minimum Gasteiger partial charge on any atom is -0.396 e. The third-order valence-corrected chi connectivity index (χ3v) is 2.65. The van der Waals surface area contributed by atoms with Gasteiger partial charge in [-0.15, -0.1) is 0 Å². The van der Waals surface area contributed by atoms with Gasteiger partial charge in [0.25, 0.3) is 0 Å². The Balaban J connectivity index is 2.23. The molecule has 1 aliphatic rings. The molecule has 1 saturated heterocycles. The lowest BCUT2D eigenvalue weighted by Crippen LogP contribution is -2.39. The highest BCUT2D eigenvalue weighted by atomic mass is 16.5. The molecule has 2 N–H and O–H groups in total. The van der Waals surface area contributed by atoms with Crippen LogP contribution < -0.4 is 5.32 Å². The molecule has 0 aromatic heterocycles. The molecule has 16 heavy (non-hydrogen) atoms. The lowest BCUT2D eigenvalue weighted by molar-refractivity contribution is -0.124. The molecule has 2 unspecified atom stereocenters. The number of aliphatic hydroxyl groups is 1. The Kier molecular flexibility index (Phi) is 6.37. The number of nitrogens with one attached hydrogen (secondary N) is 1. The largest absolute Gasteiger partial charge is 0.396 e. The van der Waals surface area contributed by atoms with E-state index in [-0.39, 0.29) is 24.7 Å². The van der Waals surface area contributed by atoms with Gasteiger partial charge >= 0.3 is 0 Å². The van der Waals surface area contributed by atoms with Crippen LogP contribution in [0.1, 0.15) is 25.7 Å². The Bertz CT molecular complexity index is 198. The summed E-state index contributed by atoms with van der Waals surface area (Å²) in [6.07, 6.45) is 2.99. The summed E-state index contributed by atoms with van der Waals surface area (Å²) < 4.78 is 10.4. The summed E-state index contributed by atoms with van der Waals surface area (Å²) in [6.45, 7) is 1.24. The average Bonchev–Trinajstić information content (AvgIpc) is 2.71. The summed E-state index contributed by atoms with van der Waals surface area (Å²) in [5, 5.41) is 11.7. The van der Waals surface area contributed by atoms with E-state index in [2.05, 4.69) is 5.32 Å². The van der Waals surface area contributed by atoms with Crippen molar-refractivity contribution in [3.63, 3.8) is 0 Å². The molecule has 5 nitrogen and oxygen atoms in total. The standard InChI is InChI=1S/C11H21NO4/c1-15-8-9(4-5-13)12-11(14)7-10-3-2-6-16-10/h9-10,13H,2-8H2,1H3,(H,12,14). The Hall–Kier alpha value is -0.650. The number of carbonyl (C=O) groups excluding carboxylic acids is 1. The lowest BCUT2D eigenvalue weighted by Gasteiger charge is -2.18. The van der Waals surface area contributed by atoms with Crippen LogP contribution in [0.5, 0.6) is 0 Å². The van der Waals surface area contributed by atoms with Crippen molar-refractivity contribution < 1.29 is 19.4 Å². The normalized spacial score (nSPS) is 22.0. The number of amides is 1. The third kappa shape index (κ3) is 4.92. The summed E-state index contributed by atoms with van der Waals surface area (Å²) >= 11 is 0. The molecule has 0 aliphatic carbocycles. The van der Waals surface area contributed by atoms with Crippen molar-refractivity contribution in [2.45, 2.75) is 37.8 Å². The van der Waals surface area contributed by atoms with Crippen molar-refractivity contribution in [2.75, 3.05) is 26.9 Å². The molecule has 0 bridgehead atoms. The van der Waals surface area contributed by atoms with Gasteiger partial charge in [-0.25, -0.2) is 0 Å². The van der Waals surface area contributed by atoms with E-state index in [9.17, 15) is 4.79 Å². The molecule has 0 aromatic carbocycles. The molecule has 5 heteroatoms. The Morgan fingerprint density at radius 3 is 3.06 bits per heavy atom. The van der Waals surface area contributed by atoms with Crippen LogP contribution in [0.3, 0.4) is 0 Å². The quantitative estimate of drug-likeness (QED) is 0.650. The van der Waals surface area contributed by atoms with Gasteiger partial charge in [-0.2, -0.15) is 0 Å². The van der Waals surface area contributed by atoms with Crippen LogP contribution in [0.4, 0.5) is 0 Å². The molecule has 0 aromatic rings. The zero-order chi connectivity index (χ0) is 11.8. The average molecular weight is 231 g/mol. The molecule has 94 valence electrons. The van der Waals surface area contributed by atoms with E-state index < -0.39 is 0 Å². The first-order valence-corrected chi connectivity index (χ1v) is 5.77. The van der Waals surface area contributed by atoms with Gasteiger partial charge in [0.15, 0.2) is 0 Å². The summed E-state index contributed by atoms with van der Waals surface area (Å²) in [4.78, 5) is 11.6. The first-order valence-electron chi connectivity index (χ1n) is 5.77. The van der Waals surface area contributed by atoms with Crippen molar-refractivity contribution in [1.82, 2.24) is 5.32 Å². The van der Waals surface area contributed by atoms with Gasteiger partial charge in [0.1, 0.15) is 0 Å². The Morgan fingerprint density at radius 2 is 2.50 bits per heavy atom. The van der Waals surface area contributed by atoms with Crippen LogP contribution in [-0.2, 0) is 14.3 Å². The molecule has 0 radical (unpaired) electrons. The summed E-state index contributed by atoms with van der Waals surface area (Å²) in [5.41, 5.74) is 0. The topological polar surface area (TPSA) is 67.8 Å². The van der Waals surface area contributed by atoms with E-state index in [1.54, 1.807) is 7.11 Å².